The quantitative estimate of drug-likeness (QED) is 0.694. The van der Waals surface area contributed by atoms with Gasteiger partial charge in [0.15, 0.2) is 0 Å². The predicted octanol–water partition coefficient (Wildman–Crippen LogP) is 2.88. The first-order valence-corrected chi connectivity index (χ1v) is 7.12. The summed E-state index contributed by atoms with van der Waals surface area (Å²) in [7, 11) is 3.19. The minimum Gasteiger partial charge on any atom is -0.497 e. The van der Waals surface area contributed by atoms with Crippen molar-refractivity contribution in [2.24, 2.45) is 0 Å². The average molecular weight is 312 g/mol. The highest BCUT2D eigenvalue weighted by molar-refractivity contribution is 5.50. The summed E-state index contributed by atoms with van der Waals surface area (Å²) in [5.41, 5.74) is 1.57. The normalized spacial score (nSPS) is 16.3. The van der Waals surface area contributed by atoms with Crippen LogP contribution in [0.25, 0.3) is 0 Å². The van der Waals surface area contributed by atoms with Crippen molar-refractivity contribution in [2.75, 3.05) is 14.2 Å². The number of fused-ring (bicyclic) bond motifs is 1. The maximum absolute atomic E-state index is 11.6. The lowest BCUT2D eigenvalue weighted by Gasteiger charge is -2.25. The third kappa shape index (κ3) is 2.59. The number of nitro groups is 1. The minimum absolute atomic E-state index is 0.00336. The molecule has 3 rings (SSSR count). The number of hydrogen-bond acceptors (Lipinski definition) is 5. The first-order valence-electron chi connectivity index (χ1n) is 7.12. The molecule has 0 aliphatic carbocycles. The Hall–Kier alpha value is -3.02. The van der Waals surface area contributed by atoms with Crippen LogP contribution in [0, 0.1) is 10.1 Å². The summed E-state index contributed by atoms with van der Waals surface area (Å²) in [5, 5.41) is 14.4. The predicted molar refractivity (Wildman–Crippen MR) is 85.0 cm³/mol. The number of hydrogen-bond donors (Lipinski definition) is 1. The largest absolute Gasteiger partial charge is 0.497 e. The van der Waals surface area contributed by atoms with Crippen LogP contribution in [-0.2, 0) is 0 Å². The smallest absolute Gasteiger partial charge is 0.317 e. The molecule has 1 N–H and O–H groups in total. The van der Waals surface area contributed by atoms with Gasteiger partial charge in [-0.2, -0.15) is 0 Å². The van der Waals surface area contributed by atoms with E-state index in [9.17, 15) is 10.1 Å². The van der Waals surface area contributed by atoms with Crippen LogP contribution < -0.4 is 14.8 Å². The van der Waals surface area contributed by atoms with E-state index in [1.807, 2.05) is 30.3 Å². The lowest BCUT2D eigenvalue weighted by atomic mass is 9.86. The van der Waals surface area contributed by atoms with Crippen molar-refractivity contribution in [1.82, 2.24) is 5.32 Å². The number of ether oxygens (including phenoxy) is 2. The summed E-state index contributed by atoms with van der Waals surface area (Å²) in [6.45, 7) is 0. The van der Waals surface area contributed by atoms with Crippen LogP contribution in [0.15, 0.2) is 60.1 Å². The molecule has 6 heteroatoms. The van der Waals surface area contributed by atoms with Gasteiger partial charge < -0.3 is 14.8 Å². The highest BCUT2D eigenvalue weighted by Crippen LogP contribution is 2.42. The van der Waals surface area contributed by atoms with E-state index in [4.69, 9.17) is 9.47 Å². The van der Waals surface area contributed by atoms with Crippen LogP contribution in [0.3, 0.4) is 0 Å². The summed E-state index contributed by atoms with van der Waals surface area (Å²) >= 11 is 0. The molecule has 0 saturated carbocycles. The molecular weight excluding hydrogens is 296 g/mol. The zero-order valence-corrected chi connectivity index (χ0v) is 12.8. The molecule has 0 fully saturated rings. The number of para-hydroxylation sites is 1. The molecule has 1 aliphatic rings. The summed E-state index contributed by atoms with van der Waals surface area (Å²) in [6.07, 6.45) is 0. The SMILES string of the molecule is CNC1=C([N+](=O)[O-])C(c2ccc(OC)cc2)c2ccccc2O1. The number of rotatable bonds is 4. The number of nitrogens with zero attached hydrogens (tertiary/aromatic N) is 1. The molecule has 23 heavy (non-hydrogen) atoms. The molecule has 0 aromatic heterocycles. The van der Waals surface area contributed by atoms with E-state index in [1.54, 1.807) is 32.4 Å². The number of benzene rings is 2. The molecular formula is C17H16N2O4. The number of allylic oxidation sites excluding steroid dienone is 1. The Labute approximate surface area is 133 Å². The molecule has 0 amide bonds. The van der Waals surface area contributed by atoms with E-state index in [1.165, 1.54) is 0 Å². The standard InChI is InChI=1S/C17H16N2O4/c1-18-17-16(19(20)21)15(11-7-9-12(22-2)10-8-11)13-5-3-4-6-14(13)23-17/h3-10,15,18H,1-2H3. The Morgan fingerprint density at radius 2 is 1.87 bits per heavy atom. The fourth-order valence-electron chi connectivity index (χ4n) is 2.75. The molecule has 1 unspecified atom stereocenters. The van der Waals surface area contributed by atoms with Crippen molar-refractivity contribution in [3.8, 4) is 11.5 Å². The maximum Gasteiger partial charge on any atom is 0.317 e. The van der Waals surface area contributed by atoms with Crippen LogP contribution in [0.5, 0.6) is 11.5 Å². The summed E-state index contributed by atoms with van der Waals surface area (Å²) < 4.78 is 10.8. The summed E-state index contributed by atoms with van der Waals surface area (Å²) in [6, 6.07) is 14.6. The lowest BCUT2D eigenvalue weighted by Crippen LogP contribution is -2.27. The molecule has 0 saturated heterocycles. The molecule has 1 heterocycles. The second-order valence-electron chi connectivity index (χ2n) is 5.07. The van der Waals surface area contributed by atoms with Crippen LogP contribution in [-0.4, -0.2) is 19.1 Å². The molecule has 6 nitrogen and oxygen atoms in total. The number of methoxy groups -OCH3 is 1. The Morgan fingerprint density at radius 1 is 1.17 bits per heavy atom. The maximum atomic E-state index is 11.6. The first kappa shape index (κ1) is 14.9. The van der Waals surface area contributed by atoms with Gasteiger partial charge >= 0.3 is 5.70 Å². The van der Waals surface area contributed by atoms with Gasteiger partial charge in [0, 0.05) is 12.6 Å². The molecule has 2 aromatic rings. The Bertz CT molecular complexity index is 768. The van der Waals surface area contributed by atoms with Crippen molar-refractivity contribution in [3.05, 3.63) is 81.4 Å². The lowest BCUT2D eigenvalue weighted by molar-refractivity contribution is -0.432. The average Bonchev–Trinajstić information content (AvgIpc) is 2.60. The molecule has 1 atom stereocenters. The van der Waals surface area contributed by atoms with Crippen LogP contribution >= 0.6 is 0 Å². The van der Waals surface area contributed by atoms with Gasteiger partial charge in [-0.1, -0.05) is 30.3 Å². The second-order valence-corrected chi connectivity index (χ2v) is 5.07. The van der Waals surface area contributed by atoms with E-state index in [0.717, 1.165) is 11.1 Å². The zero-order chi connectivity index (χ0) is 16.4. The summed E-state index contributed by atoms with van der Waals surface area (Å²) in [5.74, 6) is 0.968. The highest BCUT2D eigenvalue weighted by atomic mass is 16.6. The number of nitrogens with one attached hydrogen (secondary N) is 1. The Kier molecular flexibility index (Phi) is 3.89. The highest BCUT2D eigenvalue weighted by Gasteiger charge is 2.39. The molecule has 118 valence electrons. The molecule has 1 aliphatic heterocycles. The fraction of sp³-hybridized carbons (Fsp3) is 0.176. The van der Waals surface area contributed by atoms with Gasteiger partial charge in [-0.3, -0.25) is 10.1 Å². The molecule has 2 aromatic carbocycles. The molecule has 0 spiro atoms. The van der Waals surface area contributed by atoms with Crippen molar-refractivity contribution < 1.29 is 14.4 Å². The van der Waals surface area contributed by atoms with E-state index < -0.39 is 10.8 Å². The topological polar surface area (TPSA) is 73.6 Å². The van der Waals surface area contributed by atoms with Crippen LogP contribution in [0.1, 0.15) is 17.0 Å². The van der Waals surface area contributed by atoms with Gasteiger partial charge in [0.05, 0.1) is 12.0 Å². The van der Waals surface area contributed by atoms with Crippen molar-refractivity contribution in [3.63, 3.8) is 0 Å². The third-order valence-corrected chi connectivity index (χ3v) is 3.82. The van der Waals surface area contributed by atoms with Gasteiger partial charge in [0.2, 0.25) is 0 Å². The monoisotopic (exact) mass is 312 g/mol. The van der Waals surface area contributed by atoms with Crippen LogP contribution in [0.4, 0.5) is 0 Å². The third-order valence-electron chi connectivity index (χ3n) is 3.82. The van der Waals surface area contributed by atoms with Gasteiger partial charge in [-0.25, -0.2) is 0 Å². The van der Waals surface area contributed by atoms with Gasteiger partial charge in [0.1, 0.15) is 17.4 Å². The molecule has 0 radical (unpaired) electrons. The first-order chi connectivity index (χ1) is 11.2. The van der Waals surface area contributed by atoms with E-state index in [-0.39, 0.29) is 11.6 Å². The Morgan fingerprint density at radius 3 is 2.48 bits per heavy atom. The van der Waals surface area contributed by atoms with E-state index in [0.29, 0.717) is 11.5 Å². The Balaban J connectivity index is 2.19. The zero-order valence-electron chi connectivity index (χ0n) is 12.8. The second kappa shape index (κ2) is 6.00. The van der Waals surface area contributed by atoms with Crippen molar-refractivity contribution >= 4 is 0 Å². The van der Waals surface area contributed by atoms with Crippen molar-refractivity contribution in [1.29, 1.82) is 0 Å². The van der Waals surface area contributed by atoms with Crippen molar-refractivity contribution in [2.45, 2.75) is 5.92 Å². The molecule has 0 bridgehead atoms. The summed E-state index contributed by atoms with van der Waals surface area (Å²) in [4.78, 5) is 11.3. The van der Waals surface area contributed by atoms with E-state index in [2.05, 4.69) is 5.32 Å². The van der Waals surface area contributed by atoms with E-state index >= 15 is 0 Å². The van der Waals surface area contributed by atoms with Gasteiger partial charge in [-0.15, -0.1) is 0 Å². The van der Waals surface area contributed by atoms with Gasteiger partial charge in [-0.05, 0) is 23.8 Å². The minimum atomic E-state index is -0.511. The van der Waals surface area contributed by atoms with Crippen LogP contribution in [0.2, 0.25) is 0 Å². The van der Waals surface area contributed by atoms with Gasteiger partial charge in [0.25, 0.3) is 5.88 Å². The fourth-order valence-corrected chi connectivity index (χ4v) is 2.75.